The molecule has 2 heterocycles. The molecular weight excluding hydrogens is 326 g/mol. The highest BCUT2D eigenvalue weighted by atomic mass is 32.2. The molecule has 1 aromatic rings. The van der Waals surface area contributed by atoms with Gasteiger partial charge in [-0.15, -0.1) is 0 Å². The van der Waals surface area contributed by atoms with E-state index in [1.807, 2.05) is 29.2 Å². The van der Waals surface area contributed by atoms with Crippen LogP contribution in [0.2, 0.25) is 0 Å². The molecule has 1 saturated carbocycles. The van der Waals surface area contributed by atoms with Crippen LogP contribution in [-0.4, -0.2) is 45.4 Å². The first kappa shape index (κ1) is 15.7. The van der Waals surface area contributed by atoms with E-state index in [0.717, 1.165) is 11.4 Å². The van der Waals surface area contributed by atoms with Crippen LogP contribution in [0.15, 0.2) is 24.3 Å². The summed E-state index contributed by atoms with van der Waals surface area (Å²) in [7, 11) is -1.91. The van der Waals surface area contributed by atoms with E-state index in [4.69, 9.17) is 0 Å². The van der Waals surface area contributed by atoms with Gasteiger partial charge in [0.25, 0.3) is 0 Å². The lowest BCUT2D eigenvalue weighted by atomic mass is 10.0. The number of carbonyl (C=O) groups excluding carboxylic acids is 1. The lowest BCUT2D eigenvalue weighted by Gasteiger charge is -2.37. The average Bonchev–Trinajstić information content (AvgIpc) is 3.36. The Bertz CT molecular complexity index is 752. The molecular formula is C17H23N3O3S. The third kappa shape index (κ3) is 2.55. The van der Waals surface area contributed by atoms with E-state index >= 15 is 0 Å². The summed E-state index contributed by atoms with van der Waals surface area (Å²) in [6, 6.07) is 7.34. The smallest absolute Gasteiger partial charge is 0.326 e. The van der Waals surface area contributed by atoms with E-state index in [-0.39, 0.29) is 11.9 Å². The van der Waals surface area contributed by atoms with Gasteiger partial charge < -0.3 is 4.90 Å². The summed E-state index contributed by atoms with van der Waals surface area (Å²) >= 11 is 0. The maximum absolute atomic E-state index is 12.8. The number of nitrogens with zero attached hydrogens (tertiary/aromatic N) is 3. The van der Waals surface area contributed by atoms with Crippen molar-refractivity contribution < 1.29 is 13.2 Å². The van der Waals surface area contributed by atoms with Gasteiger partial charge >= 0.3 is 10.2 Å². The number of rotatable bonds is 3. The summed E-state index contributed by atoms with van der Waals surface area (Å²) in [6.45, 7) is 1.29. The van der Waals surface area contributed by atoms with E-state index in [9.17, 15) is 13.2 Å². The first-order chi connectivity index (χ1) is 11.5. The Labute approximate surface area is 143 Å². The third-order valence-corrected chi connectivity index (χ3v) is 7.24. The van der Waals surface area contributed by atoms with Gasteiger partial charge in [-0.1, -0.05) is 12.1 Å². The van der Waals surface area contributed by atoms with Gasteiger partial charge in [0, 0.05) is 26.6 Å². The standard InChI is InChI=1S/C17H23N3O3S/c1-18-15-4-2-3-5-16(15)20(24(18,22)23)14-8-10-19(11-9-14)17(21)12-13-6-7-13/h2-5,13-14H,6-12H2,1H3. The van der Waals surface area contributed by atoms with Crippen molar-refractivity contribution in [2.75, 3.05) is 28.7 Å². The molecule has 1 aromatic carbocycles. The van der Waals surface area contributed by atoms with Gasteiger partial charge in [0.1, 0.15) is 0 Å². The molecule has 0 unspecified atom stereocenters. The summed E-state index contributed by atoms with van der Waals surface area (Å²) in [6.07, 6.45) is 4.41. The number of benzene rings is 1. The van der Waals surface area contributed by atoms with E-state index in [0.29, 0.717) is 38.3 Å². The minimum atomic E-state index is -3.51. The fourth-order valence-corrected chi connectivity index (χ4v) is 5.39. The zero-order valence-electron chi connectivity index (χ0n) is 13.9. The molecule has 2 fully saturated rings. The SMILES string of the molecule is CN1c2ccccc2N(C2CCN(C(=O)CC3CC3)CC2)S1(=O)=O. The first-order valence-electron chi connectivity index (χ1n) is 8.63. The molecule has 0 radical (unpaired) electrons. The molecule has 1 amide bonds. The summed E-state index contributed by atoms with van der Waals surface area (Å²) in [5.74, 6) is 0.826. The van der Waals surface area contributed by atoms with Crippen LogP contribution in [0.4, 0.5) is 11.4 Å². The van der Waals surface area contributed by atoms with Gasteiger partial charge in [-0.05, 0) is 43.7 Å². The average molecular weight is 349 g/mol. The fourth-order valence-electron chi connectivity index (χ4n) is 3.73. The largest absolute Gasteiger partial charge is 0.343 e. The monoisotopic (exact) mass is 349 g/mol. The lowest BCUT2D eigenvalue weighted by molar-refractivity contribution is -0.132. The van der Waals surface area contributed by atoms with Crippen LogP contribution in [0.25, 0.3) is 0 Å². The Balaban J connectivity index is 1.50. The molecule has 1 saturated heterocycles. The van der Waals surface area contributed by atoms with Crippen LogP contribution in [0.5, 0.6) is 0 Å². The highest BCUT2D eigenvalue weighted by Crippen LogP contribution is 2.42. The Hall–Kier alpha value is -1.76. The van der Waals surface area contributed by atoms with Crippen LogP contribution in [-0.2, 0) is 15.0 Å². The molecule has 2 aliphatic heterocycles. The van der Waals surface area contributed by atoms with Gasteiger partial charge in [-0.2, -0.15) is 8.42 Å². The van der Waals surface area contributed by atoms with E-state index in [2.05, 4.69) is 0 Å². The minimum Gasteiger partial charge on any atom is -0.343 e. The topological polar surface area (TPSA) is 60.9 Å². The predicted octanol–water partition coefficient (Wildman–Crippen LogP) is 1.98. The van der Waals surface area contributed by atoms with Crippen molar-refractivity contribution in [2.24, 2.45) is 5.92 Å². The zero-order valence-corrected chi connectivity index (χ0v) is 14.7. The maximum atomic E-state index is 12.8. The van der Waals surface area contributed by atoms with Crippen molar-refractivity contribution in [3.05, 3.63) is 24.3 Å². The normalized spacial score (nSPS) is 23.5. The number of hydrogen-bond acceptors (Lipinski definition) is 3. The molecule has 0 bridgehead atoms. The Morgan fingerprint density at radius 3 is 2.33 bits per heavy atom. The number of hydrogen-bond donors (Lipinski definition) is 0. The number of fused-ring (bicyclic) bond motifs is 1. The van der Waals surface area contributed by atoms with E-state index in [1.165, 1.54) is 17.1 Å². The van der Waals surface area contributed by atoms with Gasteiger partial charge in [0.2, 0.25) is 5.91 Å². The Morgan fingerprint density at radius 1 is 1.08 bits per heavy atom. The molecule has 1 aliphatic carbocycles. The number of para-hydroxylation sites is 2. The van der Waals surface area contributed by atoms with Crippen LogP contribution >= 0.6 is 0 Å². The molecule has 4 rings (SSSR count). The number of carbonyl (C=O) groups is 1. The zero-order chi connectivity index (χ0) is 16.9. The number of piperidine rings is 1. The molecule has 0 N–H and O–H groups in total. The summed E-state index contributed by atoms with van der Waals surface area (Å²) in [5.41, 5.74) is 1.48. The van der Waals surface area contributed by atoms with Gasteiger partial charge in [-0.3, -0.25) is 9.10 Å². The van der Waals surface area contributed by atoms with Gasteiger partial charge in [0.15, 0.2) is 0 Å². The van der Waals surface area contributed by atoms with Gasteiger partial charge in [0.05, 0.1) is 17.4 Å². The van der Waals surface area contributed by atoms with Crippen molar-refractivity contribution in [3.63, 3.8) is 0 Å². The van der Waals surface area contributed by atoms with Gasteiger partial charge in [-0.25, -0.2) is 4.31 Å². The molecule has 0 spiro atoms. The Kier molecular flexibility index (Phi) is 3.71. The molecule has 24 heavy (non-hydrogen) atoms. The molecule has 0 aromatic heterocycles. The third-order valence-electron chi connectivity index (χ3n) is 5.36. The van der Waals surface area contributed by atoms with Crippen molar-refractivity contribution in [1.82, 2.24) is 4.90 Å². The van der Waals surface area contributed by atoms with Crippen LogP contribution in [0, 0.1) is 5.92 Å². The second-order valence-electron chi connectivity index (χ2n) is 7.02. The molecule has 130 valence electrons. The maximum Gasteiger partial charge on any atom is 0.326 e. The highest BCUT2D eigenvalue weighted by Gasteiger charge is 2.43. The highest BCUT2D eigenvalue weighted by molar-refractivity contribution is 7.94. The summed E-state index contributed by atoms with van der Waals surface area (Å²) in [5, 5.41) is 0. The molecule has 0 atom stereocenters. The van der Waals surface area contributed by atoms with E-state index < -0.39 is 10.2 Å². The molecule has 3 aliphatic rings. The second kappa shape index (κ2) is 5.65. The van der Waals surface area contributed by atoms with Crippen LogP contribution in [0.1, 0.15) is 32.1 Å². The Morgan fingerprint density at radius 2 is 1.71 bits per heavy atom. The van der Waals surface area contributed by atoms with Crippen LogP contribution in [0.3, 0.4) is 0 Å². The van der Waals surface area contributed by atoms with Crippen molar-refractivity contribution in [2.45, 2.75) is 38.1 Å². The first-order valence-corrected chi connectivity index (χ1v) is 10.0. The minimum absolute atomic E-state index is 0.0777. The van der Waals surface area contributed by atoms with Crippen molar-refractivity contribution in [1.29, 1.82) is 0 Å². The summed E-state index contributed by atoms with van der Waals surface area (Å²) < 4.78 is 28.5. The molecule has 6 nitrogen and oxygen atoms in total. The summed E-state index contributed by atoms with van der Waals surface area (Å²) in [4.78, 5) is 14.1. The predicted molar refractivity (Wildman–Crippen MR) is 93.2 cm³/mol. The van der Waals surface area contributed by atoms with E-state index in [1.54, 1.807) is 11.4 Å². The molecule has 7 heteroatoms. The van der Waals surface area contributed by atoms with Crippen LogP contribution < -0.4 is 8.61 Å². The second-order valence-corrected chi connectivity index (χ2v) is 8.86. The number of anilines is 2. The van der Waals surface area contributed by atoms with Crippen molar-refractivity contribution in [3.8, 4) is 0 Å². The number of likely N-dealkylation sites (tertiary alicyclic amines) is 1. The van der Waals surface area contributed by atoms with Crippen molar-refractivity contribution >= 4 is 27.5 Å². The quantitative estimate of drug-likeness (QED) is 0.838. The number of amides is 1. The lowest BCUT2D eigenvalue weighted by Crippen LogP contribution is -2.49. The fraction of sp³-hybridized carbons (Fsp3) is 0.588.